The SMILES string of the molecule is Cc1ccc(S(=O)(=O)N2CCN(CC(=O)N(C)C3CCNC3)CC2)cc1.Cl.Cl. The second-order valence-corrected chi connectivity index (χ2v) is 9.08. The largest absolute Gasteiger partial charge is 0.340 e. The van der Waals surface area contributed by atoms with Crippen LogP contribution in [0.25, 0.3) is 0 Å². The highest BCUT2D eigenvalue weighted by Gasteiger charge is 2.30. The predicted octanol–water partition coefficient (Wildman–Crippen LogP) is 0.965. The summed E-state index contributed by atoms with van der Waals surface area (Å²) in [4.78, 5) is 16.7. The number of amides is 1. The van der Waals surface area contributed by atoms with E-state index in [2.05, 4.69) is 5.32 Å². The topological polar surface area (TPSA) is 73.0 Å². The van der Waals surface area contributed by atoms with Gasteiger partial charge in [0.2, 0.25) is 15.9 Å². The Morgan fingerprint density at radius 1 is 1.14 bits per heavy atom. The lowest BCUT2D eigenvalue weighted by Crippen LogP contribution is -2.52. The molecule has 1 unspecified atom stereocenters. The number of hydrogen-bond donors (Lipinski definition) is 1. The van der Waals surface area contributed by atoms with Crippen molar-refractivity contribution in [3.63, 3.8) is 0 Å². The maximum absolute atomic E-state index is 12.7. The zero-order valence-corrected chi connectivity index (χ0v) is 18.8. The molecule has 7 nitrogen and oxygen atoms in total. The van der Waals surface area contributed by atoms with Crippen molar-refractivity contribution < 1.29 is 13.2 Å². The summed E-state index contributed by atoms with van der Waals surface area (Å²) in [6.45, 7) is 6.08. The summed E-state index contributed by atoms with van der Waals surface area (Å²) >= 11 is 0. The fourth-order valence-electron chi connectivity index (χ4n) is 3.46. The van der Waals surface area contributed by atoms with Crippen molar-refractivity contribution in [1.29, 1.82) is 0 Å². The van der Waals surface area contributed by atoms with Crippen molar-refractivity contribution in [3.8, 4) is 0 Å². The number of carbonyl (C=O) groups excluding carboxylic acids is 1. The van der Waals surface area contributed by atoms with Gasteiger partial charge in [0.05, 0.1) is 11.4 Å². The van der Waals surface area contributed by atoms with Gasteiger partial charge in [0.1, 0.15) is 0 Å². The van der Waals surface area contributed by atoms with E-state index in [4.69, 9.17) is 0 Å². The van der Waals surface area contributed by atoms with Crippen LogP contribution in [0.4, 0.5) is 0 Å². The molecule has 10 heteroatoms. The fraction of sp³-hybridized carbons (Fsp3) is 0.611. The number of likely N-dealkylation sites (N-methyl/N-ethyl adjacent to an activating group) is 1. The Kier molecular flexibility index (Phi) is 9.66. The Balaban J connectivity index is 0.00000196. The van der Waals surface area contributed by atoms with E-state index in [1.807, 2.05) is 35.9 Å². The molecule has 2 aliphatic heterocycles. The zero-order valence-electron chi connectivity index (χ0n) is 16.3. The van der Waals surface area contributed by atoms with Crippen molar-refractivity contribution in [2.75, 3.05) is 52.9 Å². The van der Waals surface area contributed by atoms with Crippen LogP contribution in [-0.2, 0) is 14.8 Å². The molecule has 0 spiro atoms. The first-order valence-electron chi connectivity index (χ1n) is 9.13. The molecular weight excluding hydrogens is 423 g/mol. The molecule has 160 valence electrons. The minimum atomic E-state index is -3.46. The molecule has 0 radical (unpaired) electrons. The van der Waals surface area contributed by atoms with Crippen molar-refractivity contribution in [1.82, 2.24) is 19.4 Å². The molecule has 1 N–H and O–H groups in total. The van der Waals surface area contributed by atoms with Crippen molar-refractivity contribution in [3.05, 3.63) is 29.8 Å². The summed E-state index contributed by atoms with van der Waals surface area (Å²) in [5, 5.41) is 3.27. The normalized spacial score (nSPS) is 20.9. The number of benzene rings is 1. The minimum absolute atomic E-state index is 0. The number of carbonyl (C=O) groups is 1. The lowest BCUT2D eigenvalue weighted by atomic mass is 10.2. The highest BCUT2D eigenvalue weighted by molar-refractivity contribution is 7.89. The number of halogens is 2. The lowest BCUT2D eigenvalue weighted by Gasteiger charge is -2.35. The monoisotopic (exact) mass is 452 g/mol. The average Bonchev–Trinajstić information content (AvgIpc) is 3.16. The van der Waals surface area contributed by atoms with Crippen molar-refractivity contribution >= 4 is 40.7 Å². The first-order chi connectivity index (χ1) is 12.4. The van der Waals surface area contributed by atoms with Gasteiger partial charge in [-0.15, -0.1) is 24.8 Å². The van der Waals surface area contributed by atoms with Crippen LogP contribution in [0.5, 0.6) is 0 Å². The van der Waals surface area contributed by atoms with Crippen LogP contribution in [0.15, 0.2) is 29.2 Å². The van der Waals surface area contributed by atoms with E-state index in [0.717, 1.165) is 25.1 Å². The molecule has 0 saturated carbocycles. The summed E-state index contributed by atoms with van der Waals surface area (Å²) in [6.07, 6.45) is 0.991. The van der Waals surface area contributed by atoms with Gasteiger partial charge in [-0.05, 0) is 32.0 Å². The summed E-state index contributed by atoms with van der Waals surface area (Å²) < 4.78 is 27.0. The Bertz CT molecular complexity index is 732. The second kappa shape index (κ2) is 10.8. The van der Waals surface area contributed by atoms with Gasteiger partial charge < -0.3 is 10.2 Å². The molecule has 3 rings (SSSR count). The molecular formula is C18H30Cl2N4O3S. The van der Waals surface area contributed by atoms with Crippen LogP contribution in [-0.4, -0.2) is 87.3 Å². The van der Waals surface area contributed by atoms with Gasteiger partial charge in [0.15, 0.2) is 0 Å². The van der Waals surface area contributed by atoms with Gasteiger partial charge in [-0.2, -0.15) is 4.31 Å². The van der Waals surface area contributed by atoms with Crippen LogP contribution >= 0.6 is 24.8 Å². The maximum atomic E-state index is 12.7. The summed E-state index contributed by atoms with van der Waals surface area (Å²) in [5.41, 5.74) is 1.04. The third-order valence-electron chi connectivity index (χ3n) is 5.32. The van der Waals surface area contributed by atoms with Gasteiger partial charge in [0, 0.05) is 45.8 Å². The smallest absolute Gasteiger partial charge is 0.243 e. The molecule has 0 bridgehead atoms. The van der Waals surface area contributed by atoms with Crippen LogP contribution in [0.2, 0.25) is 0 Å². The van der Waals surface area contributed by atoms with Crippen LogP contribution in [0.1, 0.15) is 12.0 Å². The average molecular weight is 453 g/mol. The zero-order chi connectivity index (χ0) is 18.7. The van der Waals surface area contributed by atoms with E-state index < -0.39 is 10.0 Å². The third kappa shape index (κ3) is 5.81. The summed E-state index contributed by atoms with van der Waals surface area (Å²) in [6, 6.07) is 7.21. The number of hydrogen-bond acceptors (Lipinski definition) is 5. The van der Waals surface area contributed by atoms with E-state index in [1.165, 1.54) is 4.31 Å². The highest BCUT2D eigenvalue weighted by Crippen LogP contribution is 2.18. The van der Waals surface area contributed by atoms with Crippen LogP contribution in [0.3, 0.4) is 0 Å². The molecule has 28 heavy (non-hydrogen) atoms. The van der Waals surface area contributed by atoms with Gasteiger partial charge in [-0.3, -0.25) is 9.69 Å². The quantitative estimate of drug-likeness (QED) is 0.720. The third-order valence-corrected chi connectivity index (χ3v) is 7.24. The predicted molar refractivity (Wildman–Crippen MR) is 115 cm³/mol. The fourth-order valence-corrected chi connectivity index (χ4v) is 4.89. The van der Waals surface area contributed by atoms with Gasteiger partial charge >= 0.3 is 0 Å². The Labute approximate surface area is 180 Å². The van der Waals surface area contributed by atoms with Gasteiger partial charge in [-0.1, -0.05) is 17.7 Å². The summed E-state index contributed by atoms with van der Waals surface area (Å²) in [5.74, 6) is 0.105. The first-order valence-corrected chi connectivity index (χ1v) is 10.6. The number of aryl methyl sites for hydroxylation is 1. The van der Waals surface area contributed by atoms with Crippen molar-refractivity contribution in [2.24, 2.45) is 0 Å². The molecule has 2 saturated heterocycles. The summed E-state index contributed by atoms with van der Waals surface area (Å²) in [7, 11) is -1.60. The van der Waals surface area contributed by atoms with Gasteiger partial charge in [0.25, 0.3) is 0 Å². The molecule has 2 heterocycles. The number of piperazine rings is 1. The molecule has 2 fully saturated rings. The number of nitrogens with zero attached hydrogens (tertiary/aromatic N) is 3. The minimum Gasteiger partial charge on any atom is -0.340 e. The Hall–Kier alpha value is -0.900. The molecule has 1 aromatic rings. The second-order valence-electron chi connectivity index (χ2n) is 7.14. The van der Waals surface area contributed by atoms with Crippen LogP contribution < -0.4 is 5.32 Å². The molecule has 2 aliphatic rings. The molecule has 0 aliphatic carbocycles. The van der Waals surface area contributed by atoms with Crippen LogP contribution in [0, 0.1) is 6.92 Å². The lowest BCUT2D eigenvalue weighted by molar-refractivity contribution is -0.133. The van der Waals surface area contributed by atoms with E-state index in [-0.39, 0.29) is 36.8 Å². The molecule has 1 amide bonds. The Morgan fingerprint density at radius 3 is 2.29 bits per heavy atom. The molecule has 1 aromatic carbocycles. The molecule has 0 aromatic heterocycles. The highest BCUT2D eigenvalue weighted by atomic mass is 35.5. The van der Waals surface area contributed by atoms with E-state index in [9.17, 15) is 13.2 Å². The van der Waals surface area contributed by atoms with Crippen molar-refractivity contribution in [2.45, 2.75) is 24.3 Å². The van der Waals surface area contributed by atoms with E-state index >= 15 is 0 Å². The van der Waals surface area contributed by atoms with E-state index in [0.29, 0.717) is 37.6 Å². The molecule has 1 atom stereocenters. The number of nitrogens with one attached hydrogen (secondary N) is 1. The van der Waals surface area contributed by atoms with E-state index in [1.54, 1.807) is 12.1 Å². The number of sulfonamides is 1. The standard InChI is InChI=1S/C18H28N4O3S.2ClH/c1-15-3-5-17(6-4-15)26(24,25)22-11-9-21(10-12-22)14-18(23)20(2)16-7-8-19-13-16;;/h3-6,16,19H,7-14H2,1-2H3;2*1H. The maximum Gasteiger partial charge on any atom is 0.243 e. The van der Waals surface area contributed by atoms with Gasteiger partial charge in [-0.25, -0.2) is 8.42 Å². The number of rotatable bonds is 5. The first kappa shape index (κ1) is 25.1. The Morgan fingerprint density at radius 2 is 1.75 bits per heavy atom.